The molecular weight excluding hydrogens is 540 g/mol. The summed E-state index contributed by atoms with van der Waals surface area (Å²) in [5.74, 6) is -0.389. The zero-order valence-electron chi connectivity index (χ0n) is 24.7. The lowest BCUT2D eigenvalue weighted by Gasteiger charge is -2.29. The summed E-state index contributed by atoms with van der Waals surface area (Å²) in [6.07, 6.45) is 2.07. The molecule has 9 heteroatoms. The molecule has 4 rings (SSSR count). The molecule has 1 aliphatic rings. The largest absolute Gasteiger partial charge is 0.350 e. The summed E-state index contributed by atoms with van der Waals surface area (Å²) in [4.78, 5) is 40.6. The fraction of sp³-hybridized carbons (Fsp3) is 0.353. The average Bonchev–Trinajstić information content (AvgIpc) is 3.16. The van der Waals surface area contributed by atoms with Gasteiger partial charge in [0.1, 0.15) is 0 Å². The lowest BCUT2D eigenvalue weighted by molar-refractivity contribution is -0.133. The molecule has 0 bridgehead atoms. The van der Waals surface area contributed by atoms with Crippen molar-refractivity contribution in [3.63, 3.8) is 0 Å². The Balaban J connectivity index is 1.41. The number of carbonyl (C=O) groups is 3. The van der Waals surface area contributed by atoms with Crippen molar-refractivity contribution in [1.82, 2.24) is 15.5 Å². The molecule has 3 aromatic rings. The maximum absolute atomic E-state index is 13.8. The molecule has 0 saturated carbocycles. The van der Waals surface area contributed by atoms with Crippen molar-refractivity contribution in [1.29, 1.82) is 5.41 Å². The van der Waals surface area contributed by atoms with Gasteiger partial charge in [-0.2, -0.15) is 0 Å². The lowest BCUT2D eigenvalue weighted by atomic mass is 9.90. The maximum atomic E-state index is 13.8. The highest BCUT2D eigenvalue weighted by molar-refractivity contribution is 6.04. The Morgan fingerprint density at radius 1 is 1.00 bits per heavy atom. The summed E-state index contributed by atoms with van der Waals surface area (Å²) in [5.41, 5.74) is 9.46. The summed E-state index contributed by atoms with van der Waals surface area (Å²) in [7, 11) is 0. The van der Waals surface area contributed by atoms with Crippen LogP contribution >= 0.6 is 0 Å². The number of rotatable bonds is 13. The van der Waals surface area contributed by atoms with Crippen molar-refractivity contribution in [2.45, 2.75) is 50.6 Å². The van der Waals surface area contributed by atoms with E-state index in [1.807, 2.05) is 41.3 Å². The van der Waals surface area contributed by atoms with Crippen LogP contribution in [-0.4, -0.2) is 66.6 Å². The van der Waals surface area contributed by atoms with Crippen molar-refractivity contribution in [3.05, 3.63) is 102 Å². The monoisotopic (exact) mass is 582 g/mol. The van der Waals surface area contributed by atoms with Crippen LogP contribution in [0.2, 0.25) is 0 Å². The average molecular weight is 583 g/mol. The second kappa shape index (κ2) is 15.8. The summed E-state index contributed by atoms with van der Waals surface area (Å²) < 4.78 is 0. The van der Waals surface area contributed by atoms with E-state index in [2.05, 4.69) is 40.2 Å². The predicted octanol–water partition coefficient (Wildman–Crippen LogP) is 3.91. The Kier molecular flexibility index (Phi) is 11.6. The third-order valence-corrected chi connectivity index (χ3v) is 7.66. The highest BCUT2D eigenvalue weighted by atomic mass is 16.2. The quantitative estimate of drug-likeness (QED) is 0.194. The van der Waals surface area contributed by atoms with E-state index in [0.717, 1.165) is 17.5 Å². The van der Waals surface area contributed by atoms with Crippen molar-refractivity contribution >= 4 is 29.1 Å². The van der Waals surface area contributed by atoms with Gasteiger partial charge in [-0.3, -0.25) is 14.4 Å². The van der Waals surface area contributed by atoms with Gasteiger partial charge in [0.05, 0.1) is 12.5 Å². The number of hydrogen-bond donors (Lipinski definition) is 5. The van der Waals surface area contributed by atoms with Gasteiger partial charge in [-0.05, 0) is 68.1 Å². The van der Waals surface area contributed by atoms with E-state index in [1.165, 1.54) is 0 Å². The van der Waals surface area contributed by atoms with Gasteiger partial charge in [-0.1, -0.05) is 60.7 Å². The Bertz CT molecular complexity index is 1320. The molecule has 0 spiro atoms. The molecule has 6 N–H and O–H groups in total. The van der Waals surface area contributed by atoms with Gasteiger partial charge >= 0.3 is 0 Å². The van der Waals surface area contributed by atoms with Crippen molar-refractivity contribution < 1.29 is 14.4 Å². The van der Waals surface area contributed by atoms with Crippen molar-refractivity contribution in [2.24, 2.45) is 5.73 Å². The van der Waals surface area contributed by atoms with Crippen molar-refractivity contribution in [3.8, 4) is 0 Å². The molecule has 1 saturated heterocycles. The minimum atomic E-state index is -0.382. The first-order chi connectivity index (χ1) is 20.8. The number of benzene rings is 3. The summed E-state index contributed by atoms with van der Waals surface area (Å²) >= 11 is 0. The van der Waals surface area contributed by atoms with Crippen LogP contribution in [0.5, 0.6) is 0 Å². The van der Waals surface area contributed by atoms with Crippen LogP contribution in [0.25, 0.3) is 0 Å². The highest BCUT2D eigenvalue weighted by Crippen LogP contribution is 2.27. The van der Waals surface area contributed by atoms with Crippen LogP contribution in [0.3, 0.4) is 0 Å². The Morgan fingerprint density at radius 3 is 2.21 bits per heavy atom. The molecular formula is C34H42N6O3. The molecule has 0 radical (unpaired) electrons. The van der Waals surface area contributed by atoms with Crippen molar-refractivity contribution in [2.75, 3.05) is 31.5 Å². The molecule has 0 aliphatic carbocycles. The van der Waals surface area contributed by atoms with Crippen LogP contribution in [0.4, 0.5) is 5.69 Å². The first-order valence-corrected chi connectivity index (χ1v) is 14.9. The van der Waals surface area contributed by atoms with E-state index in [1.54, 1.807) is 31.2 Å². The highest BCUT2D eigenvalue weighted by Gasteiger charge is 2.32. The van der Waals surface area contributed by atoms with Gasteiger partial charge < -0.3 is 32.0 Å². The minimum absolute atomic E-state index is 0.0298. The number of nitrogens with zero attached hydrogens (tertiary/aromatic N) is 1. The second-order valence-electron chi connectivity index (χ2n) is 11.1. The first kappa shape index (κ1) is 31.6. The van der Waals surface area contributed by atoms with Crippen LogP contribution in [0.1, 0.15) is 60.0 Å². The molecule has 1 aliphatic heterocycles. The molecule has 43 heavy (non-hydrogen) atoms. The number of nitrogens with one attached hydrogen (secondary N) is 4. The molecule has 3 amide bonds. The van der Waals surface area contributed by atoms with E-state index < -0.39 is 0 Å². The number of anilines is 1. The van der Waals surface area contributed by atoms with Gasteiger partial charge in [0.2, 0.25) is 11.8 Å². The molecule has 3 aromatic carbocycles. The third kappa shape index (κ3) is 9.33. The minimum Gasteiger partial charge on any atom is -0.350 e. The topological polar surface area (TPSA) is 140 Å². The molecule has 2 atom stereocenters. The van der Waals surface area contributed by atoms with Crippen LogP contribution in [-0.2, 0) is 9.59 Å². The third-order valence-electron chi connectivity index (χ3n) is 7.66. The molecule has 1 heterocycles. The Morgan fingerprint density at radius 2 is 1.63 bits per heavy atom. The second-order valence-corrected chi connectivity index (χ2v) is 11.1. The molecule has 2 unspecified atom stereocenters. The molecule has 0 aromatic heterocycles. The standard InChI is InChI=1S/C34H42N6O3/c1-24(36)21-32(41)39-28-16-14-27(15-17-28)33(42)37-22-29-18-20-40(34(43)31(38-29)13-8-19-35)23-30(25-9-4-2-5-10-25)26-11-6-3-7-12-26/h2-7,9-12,14-17,29-31,36,38H,8,13,18-23,35H2,1H3,(H,37,42)(H,39,41). The lowest BCUT2D eigenvalue weighted by Crippen LogP contribution is -2.49. The van der Waals surface area contributed by atoms with Crippen LogP contribution < -0.4 is 21.7 Å². The van der Waals surface area contributed by atoms with E-state index in [9.17, 15) is 14.4 Å². The van der Waals surface area contributed by atoms with Gasteiger partial charge in [0, 0.05) is 48.6 Å². The van der Waals surface area contributed by atoms with Gasteiger partial charge in [0.25, 0.3) is 5.91 Å². The number of nitrogens with two attached hydrogens (primary N) is 1. The maximum Gasteiger partial charge on any atom is 0.251 e. The zero-order chi connectivity index (χ0) is 30.6. The van der Waals surface area contributed by atoms with Crippen LogP contribution in [0.15, 0.2) is 84.9 Å². The first-order valence-electron chi connectivity index (χ1n) is 14.9. The molecule has 226 valence electrons. The van der Waals surface area contributed by atoms with E-state index in [4.69, 9.17) is 11.1 Å². The number of carbonyl (C=O) groups excluding carboxylic acids is 3. The van der Waals surface area contributed by atoms with E-state index >= 15 is 0 Å². The Hall–Kier alpha value is -4.34. The van der Waals surface area contributed by atoms with Gasteiger partial charge in [0.15, 0.2) is 0 Å². The predicted molar refractivity (Wildman–Crippen MR) is 170 cm³/mol. The summed E-state index contributed by atoms with van der Waals surface area (Å²) in [6.45, 7) is 3.59. The number of hydrogen-bond acceptors (Lipinski definition) is 6. The fourth-order valence-corrected chi connectivity index (χ4v) is 5.42. The Labute approximate surface area is 253 Å². The summed E-state index contributed by atoms with van der Waals surface area (Å²) in [5, 5.41) is 16.7. The van der Waals surface area contributed by atoms with E-state index in [-0.39, 0.29) is 47.9 Å². The zero-order valence-corrected chi connectivity index (χ0v) is 24.7. The summed E-state index contributed by atoms with van der Waals surface area (Å²) in [6, 6.07) is 26.8. The van der Waals surface area contributed by atoms with E-state index in [0.29, 0.717) is 50.3 Å². The van der Waals surface area contributed by atoms with Gasteiger partial charge in [-0.25, -0.2) is 0 Å². The fourth-order valence-electron chi connectivity index (χ4n) is 5.42. The van der Waals surface area contributed by atoms with Gasteiger partial charge in [-0.15, -0.1) is 0 Å². The smallest absolute Gasteiger partial charge is 0.251 e. The SMILES string of the molecule is CC(=N)CC(=O)Nc1ccc(C(=O)NCC2CCN(CC(c3ccccc3)c3ccccc3)C(=O)C(CCCN)N2)cc1. The molecule has 1 fully saturated rings. The van der Waals surface area contributed by atoms with Crippen LogP contribution in [0, 0.1) is 5.41 Å². The normalized spacial score (nSPS) is 16.9. The number of amides is 3. The molecule has 9 nitrogen and oxygen atoms in total.